The van der Waals surface area contributed by atoms with Crippen molar-refractivity contribution < 1.29 is 4.74 Å². The highest BCUT2D eigenvalue weighted by atomic mass is 35.5. The van der Waals surface area contributed by atoms with Crippen molar-refractivity contribution in [1.82, 2.24) is 19.7 Å². The summed E-state index contributed by atoms with van der Waals surface area (Å²) in [6, 6.07) is 1.14. The second-order valence-electron chi connectivity index (χ2n) is 7.87. The van der Waals surface area contributed by atoms with Gasteiger partial charge in [0.1, 0.15) is 18.1 Å². The number of hydrogen-bond donors (Lipinski definition) is 0. The van der Waals surface area contributed by atoms with Gasteiger partial charge in [0.05, 0.1) is 11.2 Å². The van der Waals surface area contributed by atoms with Crippen LogP contribution >= 0.6 is 23.2 Å². The van der Waals surface area contributed by atoms with E-state index in [0.29, 0.717) is 17.4 Å². The second kappa shape index (κ2) is 7.74. The topological polar surface area (TPSA) is 52.8 Å². The third kappa shape index (κ3) is 5.51. The molecule has 0 radical (unpaired) electrons. The predicted molar refractivity (Wildman–Crippen MR) is 104 cm³/mol. The van der Waals surface area contributed by atoms with Gasteiger partial charge in [-0.05, 0) is 42.8 Å². The van der Waals surface area contributed by atoms with Crippen LogP contribution in [0.3, 0.4) is 0 Å². The summed E-state index contributed by atoms with van der Waals surface area (Å²) in [5.41, 5.74) is 2.53. The Morgan fingerprint density at radius 2 is 2.00 bits per heavy atom. The number of halogens is 2. The molecule has 8 heteroatoms. The Bertz CT molecular complexity index is 741. The molecule has 0 aliphatic heterocycles. The fraction of sp³-hybridized carbons (Fsp3) is 0.588. The van der Waals surface area contributed by atoms with Crippen LogP contribution in [0, 0.1) is 5.92 Å². The van der Waals surface area contributed by atoms with Crippen LogP contribution in [0.15, 0.2) is 12.4 Å². The first-order valence-electron chi connectivity index (χ1n) is 8.64. The molecular formula is C17H24Cl2N4OSi. The first-order valence-corrected chi connectivity index (χ1v) is 13.1. The van der Waals surface area contributed by atoms with Gasteiger partial charge < -0.3 is 4.74 Å². The van der Waals surface area contributed by atoms with Crippen LogP contribution in [0.25, 0.3) is 11.4 Å². The van der Waals surface area contributed by atoms with E-state index in [0.717, 1.165) is 36.2 Å². The molecule has 3 rings (SSSR count). The molecule has 136 valence electrons. The SMILES string of the molecule is C[Si](C)(C)CCOCn1cc(CC2CC2)c(-c2nc(Cl)ncc2Cl)n1. The summed E-state index contributed by atoms with van der Waals surface area (Å²) in [4.78, 5) is 8.21. The standard InChI is InChI=1S/C17H24Cl2N4OSi/c1-25(2,3)7-6-24-11-23-10-13(8-12-4-5-12)15(22-23)16-14(18)9-20-17(19)21-16/h9-10,12H,4-8,11H2,1-3H3. The Labute approximate surface area is 159 Å². The molecule has 0 aromatic carbocycles. The van der Waals surface area contributed by atoms with Crippen molar-refractivity contribution in [2.75, 3.05) is 6.61 Å². The molecule has 2 aromatic rings. The van der Waals surface area contributed by atoms with E-state index in [4.69, 9.17) is 27.9 Å². The quantitative estimate of drug-likeness (QED) is 0.360. The lowest BCUT2D eigenvalue weighted by Gasteiger charge is -2.15. The van der Waals surface area contributed by atoms with Crippen LogP contribution in [0.2, 0.25) is 36.0 Å². The van der Waals surface area contributed by atoms with Crippen LogP contribution in [-0.2, 0) is 17.9 Å². The summed E-state index contributed by atoms with van der Waals surface area (Å²) in [6.07, 6.45) is 7.11. The lowest BCUT2D eigenvalue weighted by atomic mass is 10.1. The molecule has 0 amide bonds. The lowest BCUT2D eigenvalue weighted by Crippen LogP contribution is -2.22. The van der Waals surface area contributed by atoms with Crippen LogP contribution in [0.1, 0.15) is 18.4 Å². The van der Waals surface area contributed by atoms with Gasteiger partial charge in [0.25, 0.3) is 0 Å². The summed E-state index contributed by atoms with van der Waals surface area (Å²) in [5, 5.41) is 5.31. The van der Waals surface area contributed by atoms with E-state index in [1.54, 1.807) is 0 Å². The number of ether oxygens (including phenoxy) is 1. The van der Waals surface area contributed by atoms with Gasteiger partial charge in [-0.1, -0.05) is 31.2 Å². The van der Waals surface area contributed by atoms with Gasteiger partial charge in [-0.15, -0.1) is 0 Å². The summed E-state index contributed by atoms with van der Waals surface area (Å²) in [6.45, 7) is 8.24. The fourth-order valence-electron chi connectivity index (χ4n) is 2.56. The molecule has 0 atom stereocenters. The van der Waals surface area contributed by atoms with E-state index in [9.17, 15) is 0 Å². The van der Waals surface area contributed by atoms with E-state index in [-0.39, 0.29) is 5.28 Å². The third-order valence-electron chi connectivity index (χ3n) is 4.20. The van der Waals surface area contributed by atoms with Crippen molar-refractivity contribution in [3.05, 3.63) is 28.3 Å². The van der Waals surface area contributed by atoms with Crippen LogP contribution < -0.4 is 0 Å². The molecule has 2 heterocycles. The van der Waals surface area contributed by atoms with Gasteiger partial charge in [0.2, 0.25) is 5.28 Å². The first kappa shape index (κ1) is 18.8. The summed E-state index contributed by atoms with van der Waals surface area (Å²) in [7, 11) is -1.08. The molecule has 1 aliphatic rings. The summed E-state index contributed by atoms with van der Waals surface area (Å²) < 4.78 is 7.65. The third-order valence-corrected chi connectivity index (χ3v) is 6.36. The summed E-state index contributed by atoms with van der Waals surface area (Å²) >= 11 is 12.2. The van der Waals surface area contributed by atoms with Crippen molar-refractivity contribution in [3.8, 4) is 11.4 Å². The van der Waals surface area contributed by atoms with E-state index in [1.807, 2.05) is 4.68 Å². The van der Waals surface area contributed by atoms with Gasteiger partial charge in [0.15, 0.2) is 0 Å². The van der Waals surface area contributed by atoms with E-state index >= 15 is 0 Å². The molecular weight excluding hydrogens is 375 g/mol. The Hall–Kier alpha value is -0.953. The lowest BCUT2D eigenvalue weighted by molar-refractivity contribution is 0.0787. The molecule has 25 heavy (non-hydrogen) atoms. The van der Waals surface area contributed by atoms with Crippen molar-refractivity contribution in [3.63, 3.8) is 0 Å². The van der Waals surface area contributed by atoms with E-state index in [2.05, 4.69) is 40.9 Å². The van der Waals surface area contributed by atoms with Gasteiger partial charge in [-0.2, -0.15) is 5.10 Å². The number of hydrogen-bond acceptors (Lipinski definition) is 4. The molecule has 0 unspecified atom stereocenters. The van der Waals surface area contributed by atoms with Gasteiger partial charge in [0, 0.05) is 26.4 Å². The zero-order valence-electron chi connectivity index (χ0n) is 14.9. The number of rotatable bonds is 8. The maximum Gasteiger partial charge on any atom is 0.223 e. The molecule has 1 fully saturated rings. The highest BCUT2D eigenvalue weighted by Crippen LogP contribution is 2.36. The zero-order valence-corrected chi connectivity index (χ0v) is 17.4. The first-order chi connectivity index (χ1) is 11.8. The summed E-state index contributed by atoms with van der Waals surface area (Å²) in [5.74, 6) is 0.736. The van der Waals surface area contributed by atoms with Crippen molar-refractivity contribution in [2.45, 2.75) is 51.7 Å². The molecule has 0 bridgehead atoms. The Morgan fingerprint density at radius 1 is 1.24 bits per heavy atom. The number of aromatic nitrogens is 4. The normalized spacial score (nSPS) is 14.9. The average molecular weight is 399 g/mol. The molecule has 5 nitrogen and oxygen atoms in total. The molecule has 1 aliphatic carbocycles. The fourth-order valence-corrected chi connectivity index (χ4v) is 3.63. The smallest absolute Gasteiger partial charge is 0.223 e. The molecule has 0 spiro atoms. The van der Waals surface area contributed by atoms with Crippen LogP contribution in [-0.4, -0.2) is 34.4 Å². The van der Waals surface area contributed by atoms with Crippen LogP contribution in [0.4, 0.5) is 0 Å². The zero-order chi connectivity index (χ0) is 18.0. The van der Waals surface area contributed by atoms with Crippen LogP contribution in [0.5, 0.6) is 0 Å². The molecule has 2 aromatic heterocycles. The van der Waals surface area contributed by atoms with Crippen molar-refractivity contribution in [1.29, 1.82) is 0 Å². The Morgan fingerprint density at radius 3 is 2.68 bits per heavy atom. The van der Waals surface area contributed by atoms with E-state index in [1.165, 1.54) is 19.0 Å². The molecule has 0 saturated heterocycles. The van der Waals surface area contributed by atoms with Crippen molar-refractivity contribution in [2.24, 2.45) is 5.92 Å². The molecule has 0 N–H and O–H groups in total. The largest absolute Gasteiger partial charge is 0.360 e. The van der Waals surface area contributed by atoms with Gasteiger partial charge >= 0.3 is 0 Å². The van der Waals surface area contributed by atoms with Gasteiger partial charge in [-0.3, -0.25) is 0 Å². The second-order valence-corrected chi connectivity index (χ2v) is 14.2. The molecule has 1 saturated carbocycles. The van der Waals surface area contributed by atoms with E-state index < -0.39 is 8.07 Å². The Kier molecular flexibility index (Phi) is 5.83. The maximum absolute atomic E-state index is 6.28. The average Bonchev–Trinajstić information content (AvgIpc) is 3.25. The van der Waals surface area contributed by atoms with Crippen molar-refractivity contribution >= 4 is 31.3 Å². The highest BCUT2D eigenvalue weighted by molar-refractivity contribution is 6.76. The minimum Gasteiger partial charge on any atom is -0.360 e. The monoisotopic (exact) mass is 398 g/mol. The number of nitrogens with zero attached hydrogens (tertiary/aromatic N) is 4. The maximum atomic E-state index is 6.28. The predicted octanol–water partition coefficient (Wildman–Crippen LogP) is 4.91. The minimum absolute atomic E-state index is 0.178. The minimum atomic E-state index is -1.08. The Balaban J connectivity index is 1.77. The highest BCUT2D eigenvalue weighted by Gasteiger charge is 2.26. The van der Waals surface area contributed by atoms with Gasteiger partial charge in [-0.25, -0.2) is 14.6 Å².